The minimum Gasteiger partial charge on any atom is -0.465 e. The van der Waals surface area contributed by atoms with Gasteiger partial charge in [0.05, 0.1) is 23.3 Å². The Kier molecular flexibility index (Phi) is 5.95. The van der Waals surface area contributed by atoms with E-state index in [2.05, 4.69) is 9.46 Å². The van der Waals surface area contributed by atoms with Gasteiger partial charge in [-0.15, -0.1) is 11.8 Å². The standard InChI is InChI=1S/C19H20N2O5S2/c1-13(22)21-10-3-11-27-18-9-8-16(12-17(18)21)28(24,25)20-15-6-4-14(5-7-15)19(23)26-2/h4-9,12,20H,3,10-11H2,1-2H3. The summed E-state index contributed by atoms with van der Waals surface area (Å²) < 4.78 is 32.7. The number of anilines is 2. The number of amides is 1. The van der Waals surface area contributed by atoms with Crippen LogP contribution in [0.25, 0.3) is 0 Å². The summed E-state index contributed by atoms with van der Waals surface area (Å²) in [6.45, 7) is 2.03. The van der Waals surface area contributed by atoms with Crippen molar-refractivity contribution in [3.8, 4) is 0 Å². The molecule has 2 aromatic carbocycles. The summed E-state index contributed by atoms with van der Waals surface area (Å²) in [6.07, 6.45) is 0.839. The Balaban J connectivity index is 1.90. The van der Waals surface area contributed by atoms with Crippen LogP contribution in [0.2, 0.25) is 0 Å². The average Bonchev–Trinajstić information content (AvgIpc) is 2.89. The molecule has 7 nitrogen and oxygen atoms in total. The molecular weight excluding hydrogens is 400 g/mol. The highest BCUT2D eigenvalue weighted by atomic mass is 32.2. The lowest BCUT2D eigenvalue weighted by Crippen LogP contribution is -2.29. The van der Waals surface area contributed by atoms with Crippen LogP contribution < -0.4 is 9.62 Å². The Labute approximate surface area is 168 Å². The maximum Gasteiger partial charge on any atom is 0.337 e. The lowest BCUT2D eigenvalue weighted by molar-refractivity contribution is -0.116. The minimum atomic E-state index is -3.86. The molecule has 1 aliphatic heterocycles. The molecule has 0 saturated heterocycles. The zero-order valence-electron chi connectivity index (χ0n) is 15.5. The maximum atomic E-state index is 12.8. The number of sulfonamides is 1. The second-order valence-electron chi connectivity index (χ2n) is 6.18. The van der Waals surface area contributed by atoms with Crippen LogP contribution in [0.15, 0.2) is 52.3 Å². The van der Waals surface area contributed by atoms with Gasteiger partial charge < -0.3 is 9.64 Å². The van der Waals surface area contributed by atoms with E-state index < -0.39 is 16.0 Å². The van der Waals surface area contributed by atoms with Crippen LogP contribution in [0.4, 0.5) is 11.4 Å². The first-order valence-corrected chi connectivity index (χ1v) is 11.0. The molecule has 0 aliphatic carbocycles. The number of nitrogens with zero attached hydrogens (tertiary/aromatic N) is 1. The van der Waals surface area contributed by atoms with Crippen LogP contribution in [0.3, 0.4) is 0 Å². The molecule has 1 aliphatic rings. The average molecular weight is 421 g/mol. The number of ether oxygens (including phenoxy) is 1. The molecule has 9 heteroatoms. The SMILES string of the molecule is COC(=O)c1ccc(NS(=O)(=O)c2ccc3c(c2)N(C(C)=O)CCCS3)cc1. The Hall–Kier alpha value is -2.52. The highest BCUT2D eigenvalue weighted by Gasteiger charge is 2.23. The van der Waals surface area contributed by atoms with Gasteiger partial charge in [-0.1, -0.05) is 0 Å². The number of methoxy groups -OCH3 is 1. The largest absolute Gasteiger partial charge is 0.465 e. The number of hydrogen-bond acceptors (Lipinski definition) is 6. The number of carbonyl (C=O) groups is 2. The highest BCUT2D eigenvalue weighted by molar-refractivity contribution is 7.99. The third-order valence-corrected chi connectivity index (χ3v) is 6.78. The number of thioether (sulfide) groups is 1. The fourth-order valence-corrected chi connectivity index (χ4v) is 4.91. The van der Waals surface area contributed by atoms with E-state index in [1.807, 2.05) is 0 Å². The summed E-state index contributed by atoms with van der Waals surface area (Å²) in [5.74, 6) is 0.250. The second kappa shape index (κ2) is 8.24. The molecule has 0 radical (unpaired) electrons. The van der Waals surface area contributed by atoms with Crippen LogP contribution in [0.5, 0.6) is 0 Å². The van der Waals surface area contributed by atoms with Crippen molar-refractivity contribution >= 4 is 45.0 Å². The van der Waals surface area contributed by atoms with E-state index in [0.29, 0.717) is 23.5 Å². The van der Waals surface area contributed by atoms with Gasteiger partial charge in [0.1, 0.15) is 0 Å². The zero-order chi connectivity index (χ0) is 20.3. The van der Waals surface area contributed by atoms with Crippen LogP contribution in [0, 0.1) is 0 Å². The van der Waals surface area contributed by atoms with E-state index in [1.165, 1.54) is 50.4 Å². The summed E-state index contributed by atoms with van der Waals surface area (Å²) in [6, 6.07) is 10.7. The van der Waals surface area contributed by atoms with Crippen molar-refractivity contribution in [2.24, 2.45) is 0 Å². The van der Waals surface area contributed by atoms with Gasteiger partial charge in [-0.2, -0.15) is 0 Å². The molecule has 1 amide bonds. The molecule has 0 atom stereocenters. The quantitative estimate of drug-likeness (QED) is 0.764. The first-order chi connectivity index (χ1) is 13.3. The van der Waals surface area contributed by atoms with Gasteiger partial charge in [-0.25, -0.2) is 13.2 Å². The number of rotatable bonds is 4. The van der Waals surface area contributed by atoms with Gasteiger partial charge in [0, 0.05) is 24.1 Å². The summed E-state index contributed by atoms with van der Waals surface area (Å²) in [4.78, 5) is 26.0. The number of carbonyl (C=O) groups excluding carboxylic acids is 2. The molecule has 0 fully saturated rings. The van der Waals surface area contributed by atoms with Crippen LogP contribution in [0.1, 0.15) is 23.7 Å². The Morgan fingerprint density at radius 3 is 2.50 bits per heavy atom. The normalized spacial score (nSPS) is 14.0. The number of esters is 1. The molecule has 148 valence electrons. The lowest BCUT2D eigenvalue weighted by atomic mass is 10.2. The topological polar surface area (TPSA) is 92.8 Å². The molecule has 1 N–H and O–H groups in total. The van der Waals surface area contributed by atoms with E-state index in [0.717, 1.165) is 17.1 Å². The number of hydrogen-bond donors (Lipinski definition) is 1. The summed E-state index contributed by atoms with van der Waals surface area (Å²) >= 11 is 1.61. The first kappa shape index (κ1) is 20.2. The van der Waals surface area contributed by atoms with Gasteiger partial charge in [0.25, 0.3) is 10.0 Å². The third-order valence-electron chi connectivity index (χ3n) is 4.25. The van der Waals surface area contributed by atoms with Crippen molar-refractivity contribution in [3.63, 3.8) is 0 Å². The predicted molar refractivity (Wildman–Crippen MR) is 108 cm³/mol. The van der Waals surface area contributed by atoms with Crippen molar-refractivity contribution in [1.29, 1.82) is 0 Å². The Morgan fingerprint density at radius 2 is 1.86 bits per heavy atom. The first-order valence-electron chi connectivity index (χ1n) is 8.58. The predicted octanol–water partition coefficient (Wildman–Crippen LogP) is 3.12. The molecule has 0 saturated carbocycles. The van der Waals surface area contributed by atoms with E-state index in [9.17, 15) is 18.0 Å². The van der Waals surface area contributed by atoms with Crippen molar-refractivity contribution in [2.75, 3.05) is 29.0 Å². The molecule has 0 bridgehead atoms. The number of nitrogens with one attached hydrogen (secondary N) is 1. The molecule has 0 spiro atoms. The van der Waals surface area contributed by atoms with E-state index >= 15 is 0 Å². The third kappa shape index (κ3) is 4.31. The van der Waals surface area contributed by atoms with Crippen molar-refractivity contribution in [1.82, 2.24) is 0 Å². The summed E-state index contributed by atoms with van der Waals surface area (Å²) in [5.41, 5.74) is 1.25. The molecule has 1 heterocycles. The fraction of sp³-hybridized carbons (Fsp3) is 0.263. The Bertz CT molecular complexity index is 1000. The minimum absolute atomic E-state index is 0.0667. The van der Waals surface area contributed by atoms with Gasteiger partial charge >= 0.3 is 5.97 Å². The Morgan fingerprint density at radius 1 is 1.14 bits per heavy atom. The van der Waals surface area contributed by atoms with Crippen molar-refractivity contribution in [3.05, 3.63) is 48.0 Å². The number of benzene rings is 2. The van der Waals surface area contributed by atoms with Crippen LogP contribution in [-0.2, 0) is 19.6 Å². The maximum absolute atomic E-state index is 12.8. The molecule has 28 heavy (non-hydrogen) atoms. The summed E-state index contributed by atoms with van der Waals surface area (Å²) in [5, 5.41) is 0. The number of fused-ring (bicyclic) bond motifs is 1. The van der Waals surface area contributed by atoms with Crippen LogP contribution >= 0.6 is 11.8 Å². The van der Waals surface area contributed by atoms with Crippen molar-refractivity contribution in [2.45, 2.75) is 23.1 Å². The van der Waals surface area contributed by atoms with Crippen molar-refractivity contribution < 1.29 is 22.7 Å². The second-order valence-corrected chi connectivity index (χ2v) is 9.00. The van der Waals surface area contributed by atoms with E-state index in [-0.39, 0.29) is 10.8 Å². The van der Waals surface area contributed by atoms with E-state index in [1.54, 1.807) is 22.7 Å². The van der Waals surface area contributed by atoms with Gasteiger partial charge in [0.15, 0.2) is 0 Å². The van der Waals surface area contributed by atoms with E-state index in [4.69, 9.17) is 0 Å². The molecule has 3 rings (SSSR count). The molecular formula is C19H20N2O5S2. The van der Waals surface area contributed by atoms with Gasteiger partial charge in [-0.3, -0.25) is 9.52 Å². The zero-order valence-corrected chi connectivity index (χ0v) is 17.1. The molecule has 0 aromatic heterocycles. The molecule has 2 aromatic rings. The molecule has 0 unspecified atom stereocenters. The highest BCUT2D eigenvalue weighted by Crippen LogP contribution is 2.36. The smallest absolute Gasteiger partial charge is 0.337 e. The van der Waals surface area contributed by atoms with Gasteiger partial charge in [-0.05, 0) is 54.6 Å². The summed E-state index contributed by atoms with van der Waals surface area (Å²) in [7, 11) is -2.58. The fourth-order valence-electron chi connectivity index (χ4n) is 2.86. The van der Waals surface area contributed by atoms with Crippen LogP contribution in [-0.4, -0.2) is 39.7 Å². The van der Waals surface area contributed by atoms with Gasteiger partial charge in [0.2, 0.25) is 5.91 Å². The monoisotopic (exact) mass is 420 g/mol. The lowest BCUT2D eigenvalue weighted by Gasteiger charge is -2.21.